The van der Waals surface area contributed by atoms with Gasteiger partial charge in [0.25, 0.3) is 0 Å². The number of carbonyl (C=O) groups is 2. The number of rotatable bonds is 13. The zero-order chi connectivity index (χ0) is 20.9. The summed E-state index contributed by atoms with van der Waals surface area (Å²) in [6.45, 7) is 4.23. The van der Waals surface area contributed by atoms with Crippen molar-refractivity contribution >= 4 is 11.6 Å². The van der Waals surface area contributed by atoms with Gasteiger partial charge in [-0.25, -0.2) is 0 Å². The van der Waals surface area contributed by atoms with E-state index in [4.69, 9.17) is 4.74 Å². The van der Waals surface area contributed by atoms with E-state index in [1.807, 2.05) is 44.2 Å². The molecule has 0 aliphatic carbocycles. The molecule has 154 valence electrons. The molecule has 0 spiro atoms. The Morgan fingerprint density at radius 3 is 2.07 bits per heavy atom. The van der Waals surface area contributed by atoms with Crippen molar-refractivity contribution in [1.29, 1.82) is 0 Å². The van der Waals surface area contributed by atoms with Crippen molar-refractivity contribution in [2.45, 2.75) is 59.0 Å². The van der Waals surface area contributed by atoms with E-state index in [2.05, 4.69) is 36.4 Å². The molecule has 0 aliphatic rings. The monoisotopic (exact) mass is 392 g/mol. The zero-order valence-electron chi connectivity index (χ0n) is 17.6. The quantitative estimate of drug-likeness (QED) is 0.305. The standard InChI is InChI=1S/C26H32O3/c1-3-25(27)24(26(28)4-2)15-11-6-5-8-12-21-16-18-23(19-17-21)29-20-22-13-9-7-10-14-22/h5-7,9-10,13-14,16-19,24H,3-4,8,11-12,15,20H2,1-2H3/b6-5+. The molecule has 0 unspecified atom stereocenters. The van der Waals surface area contributed by atoms with E-state index in [9.17, 15) is 9.59 Å². The van der Waals surface area contributed by atoms with E-state index in [1.54, 1.807) is 0 Å². The molecule has 0 amide bonds. The Bertz CT molecular complexity index is 759. The number of carbonyl (C=O) groups excluding carboxylic acids is 2. The normalized spacial score (nSPS) is 11.1. The lowest BCUT2D eigenvalue weighted by Crippen LogP contribution is -2.22. The topological polar surface area (TPSA) is 43.4 Å². The van der Waals surface area contributed by atoms with Gasteiger partial charge in [-0.1, -0.05) is 68.5 Å². The molecule has 0 saturated carbocycles. The molecular weight excluding hydrogens is 360 g/mol. The molecule has 0 radical (unpaired) electrons. The van der Waals surface area contributed by atoms with Gasteiger partial charge in [0.15, 0.2) is 0 Å². The van der Waals surface area contributed by atoms with Gasteiger partial charge in [0.05, 0.1) is 5.92 Å². The summed E-state index contributed by atoms with van der Waals surface area (Å²) < 4.78 is 5.81. The number of ketones is 2. The van der Waals surface area contributed by atoms with Gasteiger partial charge in [-0.15, -0.1) is 0 Å². The second-order valence-corrected chi connectivity index (χ2v) is 7.20. The van der Waals surface area contributed by atoms with Crippen LogP contribution in [-0.2, 0) is 22.6 Å². The van der Waals surface area contributed by atoms with E-state index in [1.165, 1.54) is 5.56 Å². The highest BCUT2D eigenvalue weighted by molar-refractivity contribution is 6.02. The Labute approximate surface area is 174 Å². The molecule has 2 rings (SSSR count). The number of ether oxygens (including phenoxy) is 1. The first-order valence-corrected chi connectivity index (χ1v) is 10.6. The van der Waals surface area contributed by atoms with Crippen LogP contribution in [0.15, 0.2) is 66.7 Å². The second-order valence-electron chi connectivity index (χ2n) is 7.20. The molecule has 29 heavy (non-hydrogen) atoms. The fraction of sp³-hybridized carbons (Fsp3) is 0.385. The van der Waals surface area contributed by atoms with Crippen LogP contribution in [0.5, 0.6) is 5.75 Å². The molecule has 2 aromatic carbocycles. The van der Waals surface area contributed by atoms with Gasteiger partial charge >= 0.3 is 0 Å². The van der Waals surface area contributed by atoms with Gasteiger partial charge in [0.2, 0.25) is 0 Å². The largest absolute Gasteiger partial charge is 0.489 e. The second kappa shape index (κ2) is 12.7. The van der Waals surface area contributed by atoms with Gasteiger partial charge in [0.1, 0.15) is 23.9 Å². The molecule has 0 fully saturated rings. The molecule has 3 heteroatoms. The number of benzene rings is 2. The van der Waals surface area contributed by atoms with Crippen molar-refractivity contribution < 1.29 is 14.3 Å². The Hall–Kier alpha value is -2.68. The van der Waals surface area contributed by atoms with Gasteiger partial charge in [-0.2, -0.15) is 0 Å². The summed E-state index contributed by atoms with van der Waals surface area (Å²) in [5.41, 5.74) is 2.42. The summed E-state index contributed by atoms with van der Waals surface area (Å²) in [5.74, 6) is 0.595. The van der Waals surface area contributed by atoms with Gasteiger partial charge in [-0.3, -0.25) is 9.59 Å². The van der Waals surface area contributed by atoms with E-state index < -0.39 is 5.92 Å². The first kappa shape index (κ1) is 22.6. The lowest BCUT2D eigenvalue weighted by Gasteiger charge is -2.11. The summed E-state index contributed by atoms with van der Waals surface area (Å²) in [6.07, 6.45) is 8.41. The number of aryl methyl sites for hydroxylation is 1. The lowest BCUT2D eigenvalue weighted by atomic mass is 9.91. The molecule has 0 bridgehead atoms. The Kier molecular flexibility index (Phi) is 9.91. The maximum Gasteiger partial charge on any atom is 0.143 e. The fourth-order valence-electron chi connectivity index (χ4n) is 3.24. The SMILES string of the molecule is CCC(=O)C(CC/C=C/CCc1ccc(OCc2ccccc2)cc1)C(=O)CC. The Balaban J connectivity index is 1.70. The van der Waals surface area contributed by atoms with Crippen LogP contribution >= 0.6 is 0 Å². The van der Waals surface area contributed by atoms with Crippen molar-refractivity contribution in [3.63, 3.8) is 0 Å². The molecule has 0 N–H and O–H groups in total. The third-order valence-corrected chi connectivity index (χ3v) is 5.03. The maximum atomic E-state index is 11.9. The summed E-state index contributed by atoms with van der Waals surface area (Å²) >= 11 is 0. The molecule has 0 atom stereocenters. The minimum Gasteiger partial charge on any atom is -0.489 e. The van der Waals surface area contributed by atoms with Crippen molar-refractivity contribution in [2.75, 3.05) is 0 Å². The molecule has 0 aliphatic heterocycles. The minimum atomic E-state index is -0.418. The molecule has 2 aromatic rings. The van der Waals surface area contributed by atoms with Crippen molar-refractivity contribution in [3.8, 4) is 5.75 Å². The smallest absolute Gasteiger partial charge is 0.143 e. The van der Waals surface area contributed by atoms with E-state index >= 15 is 0 Å². The van der Waals surface area contributed by atoms with Crippen LogP contribution in [0.3, 0.4) is 0 Å². The highest BCUT2D eigenvalue weighted by Gasteiger charge is 2.22. The van der Waals surface area contributed by atoms with E-state index in [0.29, 0.717) is 25.9 Å². The van der Waals surface area contributed by atoms with Gasteiger partial charge in [-0.05, 0) is 48.9 Å². The third kappa shape index (κ3) is 8.06. The molecule has 0 heterocycles. The predicted octanol–water partition coefficient (Wildman–Crippen LogP) is 6.11. The average Bonchev–Trinajstić information content (AvgIpc) is 2.77. The number of hydrogen-bond donors (Lipinski definition) is 0. The number of Topliss-reactive ketones (excluding diaryl/α,β-unsaturated/α-hetero) is 2. The number of hydrogen-bond acceptors (Lipinski definition) is 3. The highest BCUT2D eigenvalue weighted by atomic mass is 16.5. The fourth-order valence-corrected chi connectivity index (χ4v) is 3.24. The molecule has 3 nitrogen and oxygen atoms in total. The number of allylic oxidation sites excluding steroid dienone is 2. The highest BCUT2D eigenvalue weighted by Crippen LogP contribution is 2.16. The van der Waals surface area contributed by atoms with E-state index in [-0.39, 0.29) is 11.6 Å². The van der Waals surface area contributed by atoms with E-state index in [0.717, 1.165) is 30.6 Å². The van der Waals surface area contributed by atoms with Crippen LogP contribution in [0.2, 0.25) is 0 Å². The summed E-state index contributed by atoms with van der Waals surface area (Å²) in [7, 11) is 0. The average molecular weight is 393 g/mol. The summed E-state index contributed by atoms with van der Waals surface area (Å²) in [4.78, 5) is 23.8. The first-order valence-electron chi connectivity index (χ1n) is 10.6. The van der Waals surface area contributed by atoms with Crippen LogP contribution in [0.1, 0.15) is 57.1 Å². The first-order chi connectivity index (χ1) is 14.1. The predicted molar refractivity (Wildman–Crippen MR) is 118 cm³/mol. The minimum absolute atomic E-state index is 0.0693. The van der Waals surface area contributed by atoms with Crippen LogP contribution in [0.4, 0.5) is 0 Å². The molecule has 0 aromatic heterocycles. The van der Waals surface area contributed by atoms with Crippen LogP contribution < -0.4 is 4.74 Å². The molecule has 0 saturated heterocycles. The van der Waals surface area contributed by atoms with Crippen molar-refractivity contribution in [3.05, 3.63) is 77.9 Å². The zero-order valence-corrected chi connectivity index (χ0v) is 17.6. The van der Waals surface area contributed by atoms with Gasteiger partial charge < -0.3 is 4.74 Å². The van der Waals surface area contributed by atoms with Crippen LogP contribution in [0, 0.1) is 5.92 Å². The maximum absolute atomic E-state index is 11.9. The van der Waals surface area contributed by atoms with Crippen LogP contribution in [0.25, 0.3) is 0 Å². The summed E-state index contributed by atoms with van der Waals surface area (Å²) in [5, 5.41) is 0. The third-order valence-electron chi connectivity index (χ3n) is 5.03. The lowest BCUT2D eigenvalue weighted by molar-refractivity contribution is -0.132. The van der Waals surface area contributed by atoms with Gasteiger partial charge in [0, 0.05) is 12.8 Å². The van der Waals surface area contributed by atoms with Crippen molar-refractivity contribution in [2.24, 2.45) is 5.92 Å². The summed E-state index contributed by atoms with van der Waals surface area (Å²) in [6, 6.07) is 18.4. The molecular formula is C26H32O3. The Morgan fingerprint density at radius 1 is 0.828 bits per heavy atom. The van der Waals surface area contributed by atoms with Crippen molar-refractivity contribution in [1.82, 2.24) is 0 Å². The van der Waals surface area contributed by atoms with Crippen LogP contribution in [-0.4, -0.2) is 11.6 Å². The Morgan fingerprint density at radius 2 is 1.45 bits per heavy atom.